The number of carbonyl (C=O) groups is 1. The lowest BCUT2D eigenvalue weighted by atomic mass is 10.1. The van der Waals surface area contributed by atoms with Crippen LogP contribution in [0.25, 0.3) is 11.5 Å². The second-order valence-electron chi connectivity index (χ2n) is 6.38. The largest absolute Gasteiger partial charge is 0.403 e. The van der Waals surface area contributed by atoms with Gasteiger partial charge in [-0.1, -0.05) is 33.2 Å². The minimum atomic E-state index is -3.33. The van der Waals surface area contributed by atoms with E-state index in [1.807, 2.05) is 24.3 Å². The van der Waals surface area contributed by atoms with Crippen molar-refractivity contribution in [1.82, 2.24) is 10.2 Å². The molecule has 0 fully saturated rings. The first kappa shape index (κ1) is 20.2. The maximum atomic E-state index is 12.2. The lowest BCUT2D eigenvalue weighted by Gasteiger charge is -2.08. The van der Waals surface area contributed by atoms with Crippen LogP contribution in [0.5, 0.6) is 0 Å². The van der Waals surface area contributed by atoms with Crippen molar-refractivity contribution in [2.24, 2.45) is 0 Å². The normalized spacial score (nSPS) is 11.6. The zero-order chi connectivity index (χ0) is 20.3. The Labute approximate surface area is 171 Å². The third kappa shape index (κ3) is 4.66. The molecule has 2 aromatic carbocycles. The lowest BCUT2D eigenvalue weighted by molar-refractivity contribution is -0.115. The molecule has 9 heteroatoms. The standard InChI is InChI=1S/C19H18BrN3O4S/c1-12(2)28(25,26)16-9-3-13(4-10-16)11-17(24)21-19-23-22-18(27-19)14-5-7-15(20)8-6-14/h3-10,12H,11H2,1-2H3,(H,21,23,24). The van der Waals surface area contributed by atoms with Gasteiger partial charge < -0.3 is 4.42 Å². The van der Waals surface area contributed by atoms with E-state index in [1.54, 1.807) is 26.0 Å². The van der Waals surface area contributed by atoms with Crippen LogP contribution in [0.4, 0.5) is 6.01 Å². The van der Waals surface area contributed by atoms with Crippen LogP contribution in [-0.2, 0) is 21.1 Å². The van der Waals surface area contributed by atoms with Crippen molar-refractivity contribution in [2.45, 2.75) is 30.4 Å². The summed E-state index contributed by atoms with van der Waals surface area (Å²) < 4.78 is 30.7. The van der Waals surface area contributed by atoms with Crippen LogP contribution in [-0.4, -0.2) is 29.8 Å². The van der Waals surface area contributed by atoms with Gasteiger partial charge in [-0.05, 0) is 55.8 Å². The van der Waals surface area contributed by atoms with Gasteiger partial charge in [0.15, 0.2) is 9.84 Å². The molecule has 28 heavy (non-hydrogen) atoms. The van der Waals surface area contributed by atoms with Crippen molar-refractivity contribution in [3.63, 3.8) is 0 Å². The summed E-state index contributed by atoms with van der Waals surface area (Å²) >= 11 is 3.35. The van der Waals surface area contributed by atoms with Crippen LogP contribution in [0.15, 0.2) is 62.3 Å². The second-order valence-corrected chi connectivity index (χ2v) is 9.80. The van der Waals surface area contributed by atoms with Crippen molar-refractivity contribution >= 4 is 37.7 Å². The molecule has 0 spiro atoms. The van der Waals surface area contributed by atoms with Crippen molar-refractivity contribution < 1.29 is 17.6 Å². The second kappa shape index (κ2) is 8.24. The molecule has 0 aliphatic carbocycles. The van der Waals surface area contributed by atoms with Gasteiger partial charge in [-0.15, -0.1) is 5.10 Å². The van der Waals surface area contributed by atoms with E-state index in [2.05, 4.69) is 31.4 Å². The van der Waals surface area contributed by atoms with Gasteiger partial charge in [0.2, 0.25) is 11.8 Å². The fraction of sp³-hybridized carbons (Fsp3) is 0.211. The molecular weight excluding hydrogens is 446 g/mol. The fourth-order valence-corrected chi connectivity index (χ4v) is 3.72. The van der Waals surface area contributed by atoms with Crippen molar-refractivity contribution in [3.05, 3.63) is 58.6 Å². The summed E-state index contributed by atoms with van der Waals surface area (Å²) in [6.07, 6.45) is 0.0536. The summed E-state index contributed by atoms with van der Waals surface area (Å²) in [6, 6.07) is 13.6. The minimum Gasteiger partial charge on any atom is -0.403 e. The smallest absolute Gasteiger partial charge is 0.322 e. The van der Waals surface area contributed by atoms with Gasteiger partial charge in [0.25, 0.3) is 0 Å². The predicted molar refractivity (Wildman–Crippen MR) is 109 cm³/mol. The molecule has 146 valence electrons. The van der Waals surface area contributed by atoms with E-state index in [-0.39, 0.29) is 23.2 Å². The van der Waals surface area contributed by atoms with E-state index in [1.165, 1.54) is 12.1 Å². The third-order valence-corrected chi connectivity index (χ3v) is 6.70. The Morgan fingerprint density at radius 1 is 1.07 bits per heavy atom. The van der Waals surface area contributed by atoms with Gasteiger partial charge in [0, 0.05) is 10.0 Å². The Kier molecular flexibility index (Phi) is 5.95. The monoisotopic (exact) mass is 463 g/mol. The average molecular weight is 464 g/mol. The molecule has 1 N–H and O–H groups in total. The summed E-state index contributed by atoms with van der Waals surface area (Å²) in [5, 5.41) is 9.79. The molecule has 3 aromatic rings. The van der Waals surface area contributed by atoms with Crippen molar-refractivity contribution in [3.8, 4) is 11.5 Å². The molecule has 0 aliphatic heterocycles. The fourth-order valence-electron chi connectivity index (χ4n) is 2.40. The summed E-state index contributed by atoms with van der Waals surface area (Å²) in [5.74, 6) is -0.0449. The molecule has 0 bridgehead atoms. The Morgan fingerprint density at radius 2 is 1.71 bits per heavy atom. The van der Waals surface area contributed by atoms with E-state index < -0.39 is 15.1 Å². The van der Waals surface area contributed by atoms with E-state index >= 15 is 0 Å². The van der Waals surface area contributed by atoms with Gasteiger partial charge in [-0.3, -0.25) is 10.1 Å². The molecule has 0 unspecified atom stereocenters. The molecular formula is C19H18BrN3O4S. The number of benzene rings is 2. The topological polar surface area (TPSA) is 102 Å². The number of nitrogens with one attached hydrogen (secondary N) is 1. The Hall–Kier alpha value is -2.52. The summed E-state index contributed by atoms with van der Waals surface area (Å²) in [6.45, 7) is 3.26. The molecule has 0 radical (unpaired) electrons. The molecule has 1 amide bonds. The van der Waals surface area contributed by atoms with Crippen LogP contribution < -0.4 is 5.32 Å². The number of anilines is 1. The van der Waals surface area contributed by atoms with Gasteiger partial charge in [0.05, 0.1) is 16.6 Å². The van der Waals surface area contributed by atoms with Crippen LogP contribution in [0.2, 0.25) is 0 Å². The van der Waals surface area contributed by atoms with Gasteiger partial charge in [0.1, 0.15) is 0 Å². The number of nitrogens with zero attached hydrogens (tertiary/aromatic N) is 2. The first-order valence-electron chi connectivity index (χ1n) is 8.48. The summed E-state index contributed by atoms with van der Waals surface area (Å²) in [4.78, 5) is 12.4. The van der Waals surface area contributed by atoms with Crippen LogP contribution in [0.1, 0.15) is 19.4 Å². The number of sulfone groups is 1. The van der Waals surface area contributed by atoms with E-state index in [4.69, 9.17) is 4.42 Å². The van der Waals surface area contributed by atoms with Crippen LogP contribution in [0, 0.1) is 0 Å². The number of rotatable bonds is 6. The summed E-state index contributed by atoms with van der Waals surface area (Å²) in [7, 11) is -3.33. The number of carbonyl (C=O) groups excluding carboxylic acids is 1. The highest BCUT2D eigenvalue weighted by molar-refractivity contribution is 9.10. The zero-order valence-electron chi connectivity index (χ0n) is 15.2. The first-order valence-corrected chi connectivity index (χ1v) is 10.8. The maximum absolute atomic E-state index is 12.2. The van der Waals surface area contributed by atoms with Gasteiger partial charge in [-0.2, -0.15) is 0 Å². The third-order valence-electron chi connectivity index (χ3n) is 4.00. The Balaban J connectivity index is 1.64. The van der Waals surface area contributed by atoms with E-state index in [0.29, 0.717) is 11.5 Å². The number of halogens is 1. The highest BCUT2D eigenvalue weighted by Crippen LogP contribution is 2.22. The molecule has 0 aliphatic rings. The van der Waals surface area contributed by atoms with Crippen molar-refractivity contribution in [1.29, 1.82) is 0 Å². The quantitative estimate of drug-likeness (QED) is 0.595. The first-order chi connectivity index (χ1) is 13.3. The van der Waals surface area contributed by atoms with Crippen LogP contribution in [0.3, 0.4) is 0 Å². The van der Waals surface area contributed by atoms with E-state index in [0.717, 1.165) is 10.0 Å². The van der Waals surface area contributed by atoms with Crippen molar-refractivity contribution in [2.75, 3.05) is 5.32 Å². The average Bonchev–Trinajstić information content (AvgIpc) is 3.11. The molecule has 1 aromatic heterocycles. The van der Waals surface area contributed by atoms with Gasteiger partial charge in [-0.25, -0.2) is 8.42 Å². The molecule has 0 saturated heterocycles. The number of hydrogen-bond donors (Lipinski definition) is 1. The minimum absolute atomic E-state index is 0.00178. The van der Waals surface area contributed by atoms with E-state index in [9.17, 15) is 13.2 Å². The highest BCUT2D eigenvalue weighted by atomic mass is 79.9. The Morgan fingerprint density at radius 3 is 2.32 bits per heavy atom. The molecule has 1 heterocycles. The number of hydrogen-bond acceptors (Lipinski definition) is 6. The lowest BCUT2D eigenvalue weighted by Crippen LogP contribution is -2.16. The van der Waals surface area contributed by atoms with Gasteiger partial charge >= 0.3 is 6.01 Å². The summed E-state index contributed by atoms with van der Waals surface area (Å²) in [5.41, 5.74) is 1.41. The molecule has 3 rings (SSSR count). The highest BCUT2D eigenvalue weighted by Gasteiger charge is 2.19. The molecule has 0 saturated carbocycles. The number of aromatic nitrogens is 2. The SMILES string of the molecule is CC(C)S(=O)(=O)c1ccc(CC(=O)Nc2nnc(-c3ccc(Br)cc3)o2)cc1. The Bertz CT molecular complexity index is 1080. The maximum Gasteiger partial charge on any atom is 0.322 e. The molecule has 0 atom stereocenters. The predicted octanol–water partition coefficient (Wildman–Crippen LogP) is 3.86. The zero-order valence-corrected chi connectivity index (χ0v) is 17.6. The van der Waals surface area contributed by atoms with Crippen LogP contribution >= 0.6 is 15.9 Å². The molecule has 7 nitrogen and oxygen atoms in total. The number of amides is 1.